The van der Waals surface area contributed by atoms with E-state index in [2.05, 4.69) is 21.3 Å². The first kappa shape index (κ1) is 15.7. The van der Waals surface area contributed by atoms with Crippen LogP contribution in [0.1, 0.15) is 18.9 Å². The third-order valence-electron chi connectivity index (χ3n) is 1.95. The monoisotopic (exact) mass is 288 g/mol. The van der Waals surface area contributed by atoms with E-state index in [-0.39, 0.29) is 24.3 Å². The van der Waals surface area contributed by atoms with Gasteiger partial charge in [0.25, 0.3) is 0 Å². The molecule has 0 fully saturated rings. The van der Waals surface area contributed by atoms with Crippen molar-refractivity contribution in [3.63, 3.8) is 0 Å². The van der Waals surface area contributed by atoms with E-state index in [1.165, 1.54) is 0 Å². The van der Waals surface area contributed by atoms with Crippen LogP contribution in [-0.4, -0.2) is 24.0 Å². The largest absolute Gasteiger partial charge is 0.573 e. The van der Waals surface area contributed by atoms with E-state index >= 15 is 0 Å². The highest BCUT2D eigenvalue weighted by Crippen LogP contribution is 2.28. The second-order valence-corrected chi connectivity index (χ2v) is 3.51. The molecule has 0 saturated heterocycles. The number of benzene rings is 1. The van der Waals surface area contributed by atoms with E-state index < -0.39 is 18.1 Å². The van der Waals surface area contributed by atoms with Gasteiger partial charge in [0, 0.05) is 0 Å². The molecule has 1 aromatic carbocycles. The van der Waals surface area contributed by atoms with Crippen LogP contribution in [0, 0.1) is 11.8 Å². The van der Waals surface area contributed by atoms with E-state index in [9.17, 15) is 23.1 Å². The third kappa shape index (κ3) is 5.52. The van der Waals surface area contributed by atoms with E-state index in [0.717, 1.165) is 18.2 Å². The molecule has 108 valence electrons. The van der Waals surface area contributed by atoms with E-state index in [1.807, 2.05) is 0 Å². The second-order valence-electron chi connectivity index (χ2n) is 3.51. The zero-order valence-corrected chi connectivity index (χ0v) is 10.5. The fourth-order valence-electron chi connectivity index (χ4n) is 1.25. The molecule has 0 heterocycles. The van der Waals surface area contributed by atoms with Crippen LogP contribution in [0.5, 0.6) is 11.5 Å². The molecule has 0 aromatic heterocycles. The van der Waals surface area contributed by atoms with Crippen molar-refractivity contribution in [1.29, 1.82) is 0 Å². The standard InChI is InChI=1S/C13H11F3O4/c1-2-19-12(18)5-3-4-9-8-10(17)6-7-11(9)20-13(14,15)16/h6-8,17H,2,5H2,1H3. The molecule has 0 radical (unpaired) electrons. The van der Waals surface area contributed by atoms with E-state index in [4.69, 9.17) is 0 Å². The summed E-state index contributed by atoms with van der Waals surface area (Å²) in [4.78, 5) is 11.0. The van der Waals surface area contributed by atoms with Gasteiger partial charge in [-0.05, 0) is 25.1 Å². The maximum atomic E-state index is 12.2. The first-order chi connectivity index (χ1) is 9.31. The lowest BCUT2D eigenvalue weighted by molar-refractivity contribution is -0.274. The molecule has 0 bridgehead atoms. The van der Waals surface area contributed by atoms with Gasteiger partial charge in [-0.3, -0.25) is 4.79 Å². The summed E-state index contributed by atoms with van der Waals surface area (Å²) in [6.45, 7) is 1.81. The van der Waals surface area contributed by atoms with Crippen molar-refractivity contribution in [2.24, 2.45) is 0 Å². The Morgan fingerprint density at radius 3 is 2.70 bits per heavy atom. The zero-order valence-electron chi connectivity index (χ0n) is 10.5. The molecule has 7 heteroatoms. The Morgan fingerprint density at radius 2 is 2.10 bits per heavy atom. The molecular weight excluding hydrogens is 277 g/mol. The normalized spacial score (nSPS) is 10.4. The highest BCUT2D eigenvalue weighted by molar-refractivity contribution is 5.72. The SMILES string of the molecule is CCOC(=O)CC#Cc1cc(O)ccc1OC(F)(F)F. The number of phenols is 1. The number of hydrogen-bond acceptors (Lipinski definition) is 4. The van der Waals surface area contributed by atoms with Crippen molar-refractivity contribution in [3.05, 3.63) is 23.8 Å². The number of halogens is 3. The predicted octanol–water partition coefficient (Wildman–Crippen LogP) is 2.60. The topological polar surface area (TPSA) is 55.8 Å². The van der Waals surface area contributed by atoms with Crippen LogP contribution < -0.4 is 4.74 Å². The lowest BCUT2D eigenvalue weighted by atomic mass is 10.2. The van der Waals surface area contributed by atoms with Gasteiger partial charge in [0.05, 0.1) is 12.2 Å². The van der Waals surface area contributed by atoms with Crippen LogP contribution in [-0.2, 0) is 9.53 Å². The molecule has 0 spiro atoms. The number of carbonyl (C=O) groups excluding carboxylic acids is 1. The molecule has 0 aliphatic rings. The average molecular weight is 288 g/mol. The summed E-state index contributed by atoms with van der Waals surface area (Å²) in [6.07, 6.45) is -5.14. The van der Waals surface area contributed by atoms with Crippen molar-refractivity contribution in [3.8, 4) is 23.3 Å². The van der Waals surface area contributed by atoms with Crippen LogP contribution in [0.2, 0.25) is 0 Å². The minimum absolute atomic E-state index is 0.174. The van der Waals surface area contributed by atoms with Crippen LogP contribution in [0.4, 0.5) is 13.2 Å². The Bertz CT molecular complexity index is 541. The Morgan fingerprint density at radius 1 is 1.40 bits per heavy atom. The number of hydrogen-bond donors (Lipinski definition) is 1. The van der Waals surface area contributed by atoms with Crippen molar-refractivity contribution in [2.45, 2.75) is 19.7 Å². The number of aromatic hydroxyl groups is 1. The highest BCUT2D eigenvalue weighted by atomic mass is 19.4. The number of esters is 1. The third-order valence-corrected chi connectivity index (χ3v) is 1.95. The van der Waals surface area contributed by atoms with Crippen LogP contribution >= 0.6 is 0 Å². The Labute approximate surface area is 113 Å². The first-order valence-corrected chi connectivity index (χ1v) is 5.55. The molecule has 0 saturated carbocycles. The molecule has 0 aliphatic heterocycles. The number of ether oxygens (including phenoxy) is 2. The molecule has 0 aliphatic carbocycles. The lowest BCUT2D eigenvalue weighted by Gasteiger charge is -2.10. The summed E-state index contributed by atoms with van der Waals surface area (Å²) >= 11 is 0. The molecule has 1 rings (SSSR count). The van der Waals surface area contributed by atoms with Crippen molar-refractivity contribution < 1.29 is 32.5 Å². The molecule has 0 atom stereocenters. The summed E-state index contributed by atoms with van der Waals surface area (Å²) in [6, 6.07) is 2.99. The molecule has 4 nitrogen and oxygen atoms in total. The van der Waals surface area contributed by atoms with Gasteiger partial charge in [-0.15, -0.1) is 13.2 Å². The highest BCUT2D eigenvalue weighted by Gasteiger charge is 2.32. The van der Waals surface area contributed by atoms with Gasteiger partial charge < -0.3 is 14.6 Å². The minimum atomic E-state index is -4.87. The van der Waals surface area contributed by atoms with Gasteiger partial charge >= 0.3 is 12.3 Å². The smallest absolute Gasteiger partial charge is 0.508 e. The molecule has 1 aromatic rings. The Hall–Kier alpha value is -2.36. The van der Waals surface area contributed by atoms with Gasteiger partial charge in [-0.2, -0.15) is 0 Å². The van der Waals surface area contributed by atoms with Gasteiger partial charge in [0.2, 0.25) is 0 Å². The molecule has 0 unspecified atom stereocenters. The van der Waals surface area contributed by atoms with E-state index in [1.54, 1.807) is 6.92 Å². The minimum Gasteiger partial charge on any atom is -0.508 e. The van der Waals surface area contributed by atoms with Gasteiger partial charge in [0.15, 0.2) is 0 Å². The quantitative estimate of drug-likeness (QED) is 0.686. The maximum absolute atomic E-state index is 12.2. The molecule has 20 heavy (non-hydrogen) atoms. The van der Waals surface area contributed by atoms with Crippen molar-refractivity contribution in [2.75, 3.05) is 6.61 Å². The van der Waals surface area contributed by atoms with Crippen molar-refractivity contribution in [1.82, 2.24) is 0 Å². The van der Waals surface area contributed by atoms with Gasteiger partial charge in [-0.25, -0.2) is 0 Å². The number of phenolic OH excluding ortho intramolecular Hbond substituents is 1. The Kier molecular flexibility index (Phi) is 5.26. The molecule has 0 amide bonds. The lowest BCUT2D eigenvalue weighted by Crippen LogP contribution is -2.17. The van der Waals surface area contributed by atoms with E-state index in [0.29, 0.717) is 0 Å². The summed E-state index contributed by atoms with van der Waals surface area (Å²) in [5.41, 5.74) is -0.174. The second kappa shape index (κ2) is 6.70. The Balaban J connectivity index is 2.90. The van der Waals surface area contributed by atoms with Gasteiger partial charge in [0.1, 0.15) is 17.9 Å². The average Bonchev–Trinajstić information content (AvgIpc) is 2.31. The van der Waals surface area contributed by atoms with Crippen molar-refractivity contribution >= 4 is 5.97 Å². The van der Waals surface area contributed by atoms with Crippen LogP contribution in [0.15, 0.2) is 18.2 Å². The molecule has 1 N–H and O–H groups in total. The number of carbonyl (C=O) groups is 1. The summed E-state index contributed by atoms with van der Waals surface area (Å²) in [5, 5.41) is 9.23. The molecular formula is C13H11F3O4. The number of alkyl halides is 3. The van der Waals surface area contributed by atoms with Crippen LogP contribution in [0.3, 0.4) is 0 Å². The zero-order chi connectivity index (χ0) is 15.2. The van der Waals surface area contributed by atoms with Crippen LogP contribution in [0.25, 0.3) is 0 Å². The summed E-state index contributed by atoms with van der Waals surface area (Å²) < 4.78 is 44.9. The maximum Gasteiger partial charge on any atom is 0.573 e. The number of rotatable bonds is 3. The predicted molar refractivity (Wildman–Crippen MR) is 62.9 cm³/mol. The van der Waals surface area contributed by atoms with Gasteiger partial charge in [-0.1, -0.05) is 11.8 Å². The summed E-state index contributed by atoms with van der Waals surface area (Å²) in [7, 11) is 0. The first-order valence-electron chi connectivity index (χ1n) is 5.55. The summed E-state index contributed by atoms with van der Waals surface area (Å²) in [5.74, 6) is 3.29. The fourth-order valence-corrected chi connectivity index (χ4v) is 1.25. The fraction of sp³-hybridized carbons (Fsp3) is 0.308.